The Morgan fingerprint density at radius 1 is 1.33 bits per heavy atom. The fourth-order valence-corrected chi connectivity index (χ4v) is 1.25. The van der Waals surface area contributed by atoms with Gasteiger partial charge >= 0.3 is 0 Å². The molecule has 0 aromatic heterocycles. The van der Waals surface area contributed by atoms with Gasteiger partial charge in [0.1, 0.15) is 0 Å². The third kappa shape index (κ3) is 4.22. The standard InChI is InChI=1S/C11H21N/c1-6-10(11(3,4)5)8-7-9(2)12/h6H,2,7-8,12H2,1,3-5H3/b10-6+. The van der Waals surface area contributed by atoms with Crippen LogP contribution >= 0.6 is 0 Å². The zero-order chi connectivity index (χ0) is 9.78. The van der Waals surface area contributed by atoms with Crippen LogP contribution in [-0.4, -0.2) is 0 Å². The smallest absolute Gasteiger partial charge is 0.00107 e. The van der Waals surface area contributed by atoms with Crippen LogP contribution in [0.4, 0.5) is 0 Å². The van der Waals surface area contributed by atoms with Crippen molar-refractivity contribution >= 4 is 0 Å². The molecule has 0 spiro atoms. The third-order valence-electron chi connectivity index (χ3n) is 2.03. The fourth-order valence-electron chi connectivity index (χ4n) is 1.25. The summed E-state index contributed by atoms with van der Waals surface area (Å²) >= 11 is 0. The molecule has 0 heterocycles. The summed E-state index contributed by atoms with van der Waals surface area (Å²) in [5.41, 5.74) is 8.01. The average molecular weight is 167 g/mol. The topological polar surface area (TPSA) is 26.0 Å². The van der Waals surface area contributed by atoms with Gasteiger partial charge in [0.05, 0.1) is 0 Å². The van der Waals surface area contributed by atoms with Crippen LogP contribution in [0.1, 0.15) is 40.5 Å². The van der Waals surface area contributed by atoms with E-state index >= 15 is 0 Å². The molecule has 0 radical (unpaired) electrons. The van der Waals surface area contributed by atoms with Crippen LogP contribution in [0, 0.1) is 5.41 Å². The van der Waals surface area contributed by atoms with E-state index in [4.69, 9.17) is 5.73 Å². The maximum atomic E-state index is 5.52. The molecular weight excluding hydrogens is 146 g/mol. The number of hydrogen-bond acceptors (Lipinski definition) is 1. The van der Waals surface area contributed by atoms with Crippen molar-refractivity contribution in [2.24, 2.45) is 11.1 Å². The maximum absolute atomic E-state index is 5.52. The summed E-state index contributed by atoms with van der Waals surface area (Å²) in [6, 6.07) is 0. The molecule has 12 heavy (non-hydrogen) atoms. The van der Waals surface area contributed by atoms with Crippen LogP contribution in [0.3, 0.4) is 0 Å². The van der Waals surface area contributed by atoms with Gasteiger partial charge in [-0.15, -0.1) is 0 Å². The Kier molecular flexibility index (Phi) is 4.08. The SMILES string of the molecule is C=C(N)CC/C(=C\C)C(C)(C)C. The minimum atomic E-state index is 0.268. The lowest BCUT2D eigenvalue weighted by atomic mass is 9.83. The molecule has 0 saturated carbocycles. The van der Waals surface area contributed by atoms with Gasteiger partial charge in [-0.25, -0.2) is 0 Å². The van der Waals surface area contributed by atoms with Gasteiger partial charge in [0.2, 0.25) is 0 Å². The molecule has 0 aliphatic carbocycles. The molecule has 0 aromatic carbocycles. The van der Waals surface area contributed by atoms with Crippen molar-refractivity contribution in [3.8, 4) is 0 Å². The first-order valence-corrected chi connectivity index (χ1v) is 4.47. The van der Waals surface area contributed by atoms with Crippen molar-refractivity contribution in [3.63, 3.8) is 0 Å². The van der Waals surface area contributed by atoms with E-state index < -0.39 is 0 Å². The average Bonchev–Trinajstić information content (AvgIpc) is 1.85. The van der Waals surface area contributed by atoms with Gasteiger partial charge in [-0.3, -0.25) is 0 Å². The normalized spacial score (nSPS) is 13.2. The molecule has 0 bridgehead atoms. The van der Waals surface area contributed by atoms with Crippen LogP contribution in [0.2, 0.25) is 0 Å². The molecule has 2 N–H and O–H groups in total. The van der Waals surface area contributed by atoms with Crippen LogP contribution in [0.5, 0.6) is 0 Å². The minimum Gasteiger partial charge on any atom is -0.403 e. The van der Waals surface area contributed by atoms with E-state index in [1.165, 1.54) is 5.57 Å². The molecule has 1 heteroatoms. The molecule has 1 nitrogen and oxygen atoms in total. The summed E-state index contributed by atoms with van der Waals surface area (Å²) in [4.78, 5) is 0. The lowest BCUT2D eigenvalue weighted by Gasteiger charge is -2.22. The predicted octanol–water partition coefficient (Wildman–Crippen LogP) is 3.23. The van der Waals surface area contributed by atoms with Gasteiger partial charge in [-0.2, -0.15) is 0 Å². The zero-order valence-corrected chi connectivity index (χ0v) is 8.78. The predicted molar refractivity (Wildman–Crippen MR) is 55.8 cm³/mol. The summed E-state index contributed by atoms with van der Waals surface area (Å²) in [7, 11) is 0. The maximum Gasteiger partial charge on any atom is 0.00107 e. The summed E-state index contributed by atoms with van der Waals surface area (Å²) in [5.74, 6) is 0. The Morgan fingerprint density at radius 2 is 1.83 bits per heavy atom. The van der Waals surface area contributed by atoms with Crippen molar-refractivity contribution in [2.45, 2.75) is 40.5 Å². The van der Waals surface area contributed by atoms with Gasteiger partial charge < -0.3 is 5.73 Å². The van der Waals surface area contributed by atoms with Crippen LogP contribution < -0.4 is 5.73 Å². The molecule has 0 aliphatic heterocycles. The monoisotopic (exact) mass is 167 g/mol. The molecule has 0 atom stereocenters. The van der Waals surface area contributed by atoms with Crippen molar-refractivity contribution in [3.05, 3.63) is 23.9 Å². The zero-order valence-electron chi connectivity index (χ0n) is 8.78. The summed E-state index contributed by atoms with van der Waals surface area (Å²) in [6.45, 7) is 12.4. The van der Waals surface area contributed by atoms with Gasteiger partial charge in [-0.1, -0.05) is 39.0 Å². The molecule has 0 amide bonds. The minimum absolute atomic E-state index is 0.268. The molecule has 70 valence electrons. The summed E-state index contributed by atoms with van der Waals surface area (Å²) in [6.07, 6.45) is 4.12. The Hall–Kier alpha value is -0.720. The Morgan fingerprint density at radius 3 is 2.08 bits per heavy atom. The number of nitrogens with two attached hydrogens (primary N) is 1. The first kappa shape index (κ1) is 11.3. The molecular formula is C11H21N. The molecule has 0 unspecified atom stereocenters. The Bertz CT molecular complexity index is 182. The van der Waals surface area contributed by atoms with Crippen molar-refractivity contribution in [2.75, 3.05) is 0 Å². The van der Waals surface area contributed by atoms with E-state index in [0.29, 0.717) is 0 Å². The Balaban J connectivity index is 4.13. The lowest BCUT2D eigenvalue weighted by molar-refractivity contribution is 0.480. The summed E-state index contributed by atoms with van der Waals surface area (Å²) < 4.78 is 0. The van der Waals surface area contributed by atoms with Crippen molar-refractivity contribution in [1.29, 1.82) is 0 Å². The van der Waals surface area contributed by atoms with E-state index in [1.54, 1.807) is 0 Å². The molecule has 0 aromatic rings. The van der Waals surface area contributed by atoms with Crippen LogP contribution in [0.15, 0.2) is 23.9 Å². The highest BCUT2D eigenvalue weighted by Gasteiger charge is 2.15. The first-order chi connectivity index (χ1) is 5.38. The van der Waals surface area contributed by atoms with Crippen LogP contribution in [-0.2, 0) is 0 Å². The number of rotatable bonds is 3. The largest absolute Gasteiger partial charge is 0.403 e. The second-order valence-electron chi connectivity index (χ2n) is 4.22. The second kappa shape index (κ2) is 4.34. The Labute approximate surface area is 76.3 Å². The van der Waals surface area contributed by atoms with Gasteiger partial charge in [0, 0.05) is 5.70 Å². The number of hydrogen-bond donors (Lipinski definition) is 1. The lowest BCUT2D eigenvalue weighted by Crippen LogP contribution is -2.10. The molecule has 0 aliphatic rings. The van der Waals surface area contributed by atoms with Crippen molar-refractivity contribution in [1.82, 2.24) is 0 Å². The third-order valence-corrected chi connectivity index (χ3v) is 2.03. The highest BCUT2D eigenvalue weighted by Crippen LogP contribution is 2.29. The van der Waals surface area contributed by atoms with E-state index in [-0.39, 0.29) is 5.41 Å². The highest BCUT2D eigenvalue weighted by molar-refractivity contribution is 5.11. The van der Waals surface area contributed by atoms with Gasteiger partial charge in [0.25, 0.3) is 0 Å². The molecule has 0 rings (SSSR count). The van der Waals surface area contributed by atoms with Crippen molar-refractivity contribution < 1.29 is 0 Å². The molecule has 0 saturated heterocycles. The van der Waals surface area contributed by atoms with Crippen LogP contribution in [0.25, 0.3) is 0 Å². The van der Waals surface area contributed by atoms with E-state index in [9.17, 15) is 0 Å². The second-order valence-corrected chi connectivity index (χ2v) is 4.22. The fraction of sp³-hybridized carbons (Fsp3) is 0.636. The van der Waals surface area contributed by atoms with E-state index in [1.807, 2.05) is 0 Å². The van der Waals surface area contributed by atoms with E-state index in [0.717, 1.165) is 18.5 Å². The van der Waals surface area contributed by atoms with Gasteiger partial charge in [0.15, 0.2) is 0 Å². The number of allylic oxidation sites excluding steroid dienone is 3. The first-order valence-electron chi connectivity index (χ1n) is 4.47. The summed E-state index contributed by atoms with van der Waals surface area (Å²) in [5, 5.41) is 0. The molecule has 0 fully saturated rings. The van der Waals surface area contributed by atoms with Gasteiger partial charge in [-0.05, 0) is 25.2 Å². The van der Waals surface area contributed by atoms with E-state index in [2.05, 4.69) is 40.3 Å². The quantitative estimate of drug-likeness (QED) is 0.642. The highest BCUT2D eigenvalue weighted by atomic mass is 14.6.